The molecule has 2 saturated heterocycles. The second-order valence-corrected chi connectivity index (χ2v) is 9.80. The summed E-state index contributed by atoms with van der Waals surface area (Å²) in [5.74, 6) is 2.49. The van der Waals surface area contributed by atoms with Crippen LogP contribution in [0.3, 0.4) is 0 Å². The van der Waals surface area contributed by atoms with Crippen molar-refractivity contribution in [3.05, 3.63) is 51.3 Å². The number of nitrogens with one attached hydrogen (secondary N) is 1. The first kappa shape index (κ1) is 27.6. The average Bonchev–Trinajstić information content (AvgIpc) is 3.41. The topological polar surface area (TPSA) is 96.5 Å². The molecule has 0 aliphatic carbocycles. The molecule has 0 spiro atoms. The van der Waals surface area contributed by atoms with E-state index in [4.69, 9.17) is 19.4 Å². The second kappa shape index (κ2) is 11.9. The van der Waals surface area contributed by atoms with Gasteiger partial charge in [-0.2, -0.15) is 0 Å². The van der Waals surface area contributed by atoms with Gasteiger partial charge in [0.15, 0.2) is 0 Å². The Morgan fingerprint density at radius 2 is 1.89 bits per heavy atom. The minimum absolute atomic E-state index is 0. The van der Waals surface area contributed by atoms with Crippen LogP contribution in [0.1, 0.15) is 54.2 Å². The highest BCUT2D eigenvalue weighted by Gasteiger charge is 2.25. The van der Waals surface area contributed by atoms with Crippen molar-refractivity contribution >= 4 is 41.7 Å². The van der Waals surface area contributed by atoms with Gasteiger partial charge in [0.2, 0.25) is 5.95 Å². The number of rotatable bonds is 5. The molecule has 3 aromatic rings. The third-order valence-corrected chi connectivity index (χ3v) is 7.54. The van der Waals surface area contributed by atoms with Crippen LogP contribution in [0.15, 0.2) is 23.1 Å². The maximum Gasteiger partial charge on any atom is 0.260 e. The zero-order chi connectivity index (χ0) is 23.8. The summed E-state index contributed by atoms with van der Waals surface area (Å²) in [4.78, 5) is 35.3. The zero-order valence-corrected chi connectivity index (χ0v) is 22.7. The molecule has 200 valence electrons. The molecule has 0 bridgehead atoms. The Bertz CT molecular complexity index is 1290. The molecular formula is C26H34Cl2N6O3. The van der Waals surface area contributed by atoms with Crippen molar-refractivity contribution in [2.45, 2.75) is 51.1 Å². The lowest BCUT2D eigenvalue weighted by Gasteiger charge is -2.29. The Kier molecular flexibility index (Phi) is 8.90. The van der Waals surface area contributed by atoms with Gasteiger partial charge < -0.3 is 14.4 Å². The van der Waals surface area contributed by atoms with Gasteiger partial charge in [-0.15, -0.1) is 24.8 Å². The normalized spacial score (nSPS) is 18.2. The van der Waals surface area contributed by atoms with Crippen LogP contribution in [0, 0.1) is 0 Å². The molecule has 0 atom stereocenters. The third-order valence-electron chi connectivity index (χ3n) is 7.54. The van der Waals surface area contributed by atoms with E-state index in [0.29, 0.717) is 36.6 Å². The number of anilines is 1. The number of aromatic amines is 1. The van der Waals surface area contributed by atoms with Gasteiger partial charge in [-0.1, -0.05) is 0 Å². The highest BCUT2D eigenvalue weighted by atomic mass is 35.5. The summed E-state index contributed by atoms with van der Waals surface area (Å²) < 4.78 is 11.1. The number of hydrogen-bond acceptors (Lipinski definition) is 8. The number of methoxy groups -OCH3 is 1. The van der Waals surface area contributed by atoms with Gasteiger partial charge in [0, 0.05) is 50.6 Å². The van der Waals surface area contributed by atoms with Crippen molar-refractivity contribution in [2.24, 2.45) is 0 Å². The molecule has 0 radical (unpaired) electrons. The number of hydrogen-bond donors (Lipinski definition) is 1. The first-order valence-electron chi connectivity index (χ1n) is 12.7. The van der Waals surface area contributed by atoms with Crippen LogP contribution >= 0.6 is 24.8 Å². The molecule has 3 aliphatic heterocycles. The van der Waals surface area contributed by atoms with E-state index in [1.54, 1.807) is 7.11 Å². The van der Waals surface area contributed by atoms with E-state index in [1.807, 2.05) is 18.3 Å². The molecule has 2 aromatic heterocycles. The Labute approximate surface area is 228 Å². The zero-order valence-electron chi connectivity index (χ0n) is 21.1. The fourth-order valence-electron chi connectivity index (χ4n) is 5.62. The lowest BCUT2D eigenvalue weighted by molar-refractivity contribution is 0.0855. The molecule has 0 saturated carbocycles. The summed E-state index contributed by atoms with van der Waals surface area (Å²) in [6, 6.07) is 3.85. The van der Waals surface area contributed by atoms with Crippen LogP contribution in [0.25, 0.3) is 10.9 Å². The number of H-pyrrole nitrogens is 1. The lowest BCUT2D eigenvalue weighted by Crippen LogP contribution is -2.34. The summed E-state index contributed by atoms with van der Waals surface area (Å²) in [6.45, 7) is 5.90. The average molecular weight is 550 g/mol. The van der Waals surface area contributed by atoms with E-state index < -0.39 is 0 Å². The fourth-order valence-corrected chi connectivity index (χ4v) is 5.62. The molecule has 1 N–H and O–H groups in total. The van der Waals surface area contributed by atoms with E-state index in [-0.39, 0.29) is 36.3 Å². The van der Waals surface area contributed by atoms with Crippen molar-refractivity contribution in [1.82, 2.24) is 24.8 Å². The second-order valence-electron chi connectivity index (χ2n) is 9.80. The number of halogens is 2. The van der Waals surface area contributed by atoms with E-state index in [9.17, 15) is 4.79 Å². The first-order valence-corrected chi connectivity index (χ1v) is 12.7. The number of benzene rings is 1. The van der Waals surface area contributed by atoms with Gasteiger partial charge in [-0.3, -0.25) is 14.7 Å². The fraction of sp³-hybridized carbons (Fsp3) is 0.538. The summed E-state index contributed by atoms with van der Waals surface area (Å²) in [5.41, 5.74) is 3.78. The largest absolute Gasteiger partial charge is 0.497 e. The number of nitrogens with zero attached hydrogens (tertiary/aromatic N) is 5. The van der Waals surface area contributed by atoms with Gasteiger partial charge in [0.1, 0.15) is 11.6 Å². The molecule has 1 aromatic carbocycles. The minimum Gasteiger partial charge on any atom is -0.497 e. The molecule has 5 heterocycles. The quantitative estimate of drug-likeness (QED) is 0.516. The summed E-state index contributed by atoms with van der Waals surface area (Å²) in [7, 11) is 1.66. The predicted octanol–water partition coefficient (Wildman–Crippen LogP) is 3.62. The van der Waals surface area contributed by atoms with Gasteiger partial charge in [0.25, 0.3) is 5.56 Å². The van der Waals surface area contributed by atoms with E-state index in [0.717, 1.165) is 73.8 Å². The number of fused-ring (bicyclic) bond motifs is 2. The molecule has 37 heavy (non-hydrogen) atoms. The summed E-state index contributed by atoms with van der Waals surface area (Å²) in [5, 5.41) is 0.661. The number of likely N-dealkylation sites (tertiary alicyclic amines) is 1. The predicted molar refractivity (Wildman–Crippen MR) is 148 cm³/mol. The standard InChI is InChI=1S/C26H32N6O3.2ClH/c1-34-19-12-20(17-5-10-35-11-6-17)24-22(13-19)29-26(30-25(24)33)32-9-4-21-18(15-32)14-27-23(28-21)16-31-7-2-3-8-31;;/h12-14,17H,2-11,15-16H2,1H3,(H,29,30,33);2*1H. The maximum absolute atomic E-state index is 13.3. The molecule has 0 amide bonds. The smallest absolute Gasteiger partial charge is 0.260 e. The molecule has 11 heteroatoms. The number of aromatic nitrogens is 4. The molecule has 0 unspecified atom stereocenters. The highest BCUT2D eigenvalue weighted by molar-refractivity contribution is 5.86. The van der Waals surface area contributed by atoms with Gasteiger partial charge >= 0.3 is 0 Å². The van der Waals surface area contributed by atoms with E-state index in [1.165, 1.54) is 12.8 Å². The Balaban J connectivity index is 0.00000160. The summed E-state index contributed by atoms with van der Waals surface area (Å²) in [6.07, 6.45) is 7.07. The van der Waals surface area contributed by atoms with Crippen LogP contribution in [0.4, 0.5) is 5.95 Å². The maximum atomic E-state index is 13.3. The first-order chi connectivity index (χ1) is 17.2. The highest BCUT2D eigenvalue weighted by Crippen LogP contribution is 2.34. The van der Waals surface area contributed by atoms with Crippen LogP contribution in [0.2, 0.25) is 0 Å². The van der Waals surface area contributed by atoms with Crippen molar-refractivity contribution in [2.75, 3.05) is 44.9 Å². The van der Waals surface area contributed by atoms with Gasteiger partial charge in [-0.05, 0) is 56.3 Å². The van der Waals surface area contributed by atoms with Crippen molar-refractivity contribution in [3.63, 3.8) is 0 Å². The summed E-state index contributed by atoms with van der Waals surface area (Å²) >= 11 is 0. The van der Waals surface area contributed by atoms with Crippen molar-refractivity contribution in [1.29, 1.82) is 0 Å². The molecule has 2 fully saturated rings. The van der Waals surface area contributed by atoms with Crippen LogP contribution < -0.4 is 15.2 Å². The van der Waals surface area contributed by atoms with Crippen LogP contribution in [-0.2, 0) is 24.2 Å². The molecular weight excluding hydrogens is 515 g/mol. The Morgan fingerprint density at radius 3 is 2.65 bits per heavy atom. The Morgan fingerprint density at radius 1 is 1.11 bits per heavy atom. The van der Waals surface area contributed by atoms with Crippen LogP contribution in [0.5, 0.6) is 5.75 Å². The minimum atomic E-state index is -0.0999. The van der Waals surface area contributed by atoms with E-state index in [2.05, 4.69) is 19.8 Å². The SMILES string of the molecule is COc1cc(C2CCOCC2)c2c(=O)[nH]c(N3CCc4nc(CN5CCCC5)ncc4C3)nc2c1.Cl.Cl. The van der Waals surface area contributed by atoms with Crippen LogP contribution in [-0.4, -0.2) is 64.8 Å². The third kappa shape index (κ3) is 5.70. The van der Waals surface area contributed by atoms with Crippen molar-refractivity contribution in [3.8, 4) is 5.75 Å². The molecule has 3 aliphatic rings. The Hall–Kier alpha value is -2.46. The molecule has 9 nitrogen and oxygen atoms in total. The monoisotopic (exact) mass is 548 g/mol. The van der Waals surface area contributed by atoms with E-state index >= 15 is 0 Å². The van der Waals surface area contributed by atoms with Gasteiger partial charge in [-0.25, -0.2) is 15.0 Å². The molecule has 6 rings (SSSR count). The lowest BCUT2D eigenvalue weighted by atomic mass is 9.89. The number of ether oxygens (including phenoxy) is 2. The van der Waals surface area contributed by atoms with Gasteiger partial charge in [0.05, 0.1) is 30.3 Å². The van der Waals surface area contributed by atoms with Crippen molar-refractivity contribution < 1.29 is 9.47 Å².